The van der Waals surface area contributed by atoms with E-state index in [9.17, 15) is 24.5 Å². The summed E-state index contributed by atoms with van der Waals surface area (Å²) in [4.78, 5) is 60.8. The van der Waals surface area contributed by atoms with Crippen molar-refractivity contribution >= 4 is 103 Å². The van der Waals surface area contributed by atoms with Crippen molar-refractivity contribution in [1.29, 1.82) is 0 Å². The normalized spacial score (nSPS) is 16.2. The second kappa shape index (κ2) is 11.6. The van der Waals surface area contributed by atoms with E-state index in [1.165, 1.54) is 17.4 Å². The van der Waals surface area contributed by atoms with Crippen LogP contribution < -0.4 is 10.2 Å². The van der Waals surface area contributed by atoms with E-state index in [1.54, 1.807) is 84.9 Å². The van der Waals surface area contributed by atoms with E-state index in [-0.39, 0.29) is 11.6 Å². The van der Waals surface area contributed by atoms with Crippen LogP contribution in [-0.2, 0) is 4.79 Å². The van der Waals surface area contributed by atoms with E-state index in [2.05, 4.69) is 15.3 Å². The average Bonchev–Trinajstić information content (AvgIpc) is 3.67. The number of nitrogens with zero attached hydrogens (tertiary/aromatic N) is 4. The van der Waals surface area contributed by atoms with Crippen molar-refractivity contribution in [3.8, 4) is 0 Å². The Morgan fingerprint density at radius 1 is 0.956 bits per heavy atom. The zero-order valence-corrected chi connectivity index (χ0v) is 25.8. The van der Waals surface area contributed by atoms with Crippen LogP contribution in [0.5, 0.6) is 0 Å². The van der Waals surface area contributed by atoms with Crippen LogP contribution in [0, 0.1) is 10.1 Å². The van der Waals surface area contributed by atoms with E-state index in [1.807, 2.05) is 0 Å². The number of hydrogen-bond donors (Lipinski definition) is 1. The van der Waals surface area contributed by atoms with Crippen LogP contribution in [0.3, 0.4) is 0 Å². The highest BCUT2D eigenvalue weighted by Crippen LogP contribution is 2.41. The zero-order chi connectivity index (χ0) is 31.2. The quantitative estimate of drug-likeness (QED) is 0.0841. The Kier molecular flexibility index (Phi) is 7.45. The van der Waals surface area contributed by atoms with Crippen molar-refractivity contribution < 1.29 is 19.3 Å². The lowest BCUT2D eigenvalue weighted by atomic mass is 10.1. The minimum Gasteiger partial charge on any atom is -0.300 e. The van der Waals surface area contributed by atoms with E-state index < -0.39 is 16.7 Å². The lowest BCUT2D eigenvalue weighted by Gasteiger charge is -2.13. The van der Waals surface area contributed by atoms with Crippen molar-refractivity contribution in [1.82, 2.24) is 10.3 Å². The van der Waals surface area contributed by atoms with Crippen molar-refractivity contribution in [3.05, 3.63) is 122 Å². The topological polar surface area (TPSA) is 135 Å². The van der Waals surface area contributed by atoms with Gasteiger partial charge in [0.15, 0.2) is 9.51 Å². The zero-order valence-electron chi connectivity index (χ0n) is 22.6. The summed E-state index contributed by atoms with van der Waals surface area (Å²) in [6, 6.07) is 23.3. The molecule has 2 aliphatic rings. The first kappa shape index (κ1) is 28.9. The molecule has 0 aliphatic carbocycles. The number of halogens is 1. The summed E-state index contributed by atoms with van der Waals surface area (Å²) in [5, 5.41) is 15.7. The summed E-state index contributed by atoms with van der Waals surface area (Å²) in [5.41, 5.74) is 2.72. The van der Waals surface area contributed by atoms with Crippen LogP contribution in [0.2, 0.25) is 5.02 Å². The predicted octanol–water partition coefficient (Wildman–Crippen LogP) is 7.70. The van der Waals surface area contributed by atoms with Crippen LogP contribution in [0.4, 0.5) is 17.1 Å². The summed E-state index contributed by atoms with van der Waals surface area (Å²) in [7, 11) is 0. The number of benzene rings is 4. The molecule has 1 N–H and O–H groups in total. The molecule has 0 radical (unpaired) electrons. The molecule has 3 amide bonds. The van der Waals surface area contributed by atoms with Gasteiger partial charge in [-0.25, -0.2) is 14.9 Å². The summed E-state index contributed by atoms with van der Waals surface area (Å²) >= 11 is 9.48. The number of carbonyl (C=O) groups is 3. The Hall–Kier alpha value is -4.82. The van der Waals surface area contributed by atoms with Gasteiger partial charge in [0, 0.05) is 11.1 Å². The molecule has 1 aromatic heterocycles. The van der Waals surface area contributed by atoms with E-state index >= 15 is 0 Å². The molecule has 0 unspecified atom stereocenters. The molecule has 10 nitrogen and oxygen atoms in total. The maximum Gasteiger partial charge on any atom is 0.283 e. The number of imide groups is 1. The minimum absolute atomic E-state index is 0.140. The van der Waals surface area contributed by atoms with E-state index in [0.29, 0.717) is 57.9 Å². The van der Waals surface area contributed by atoms with Crippen LogP contribution in [-0.4, -0.2) is 32.8 Å². The number of nitro benzene ring substituents is 1. The van der Waals surface area contributed by atoms with E-state index in [4.69, 9.17) is 11.6 Å². The first-order chi connectivity index (χ1) is 21.7. The molecule has 1 saturated heterocycles. The molecule has 14 heteroatoms. The van der Waals surface area contributed by atoms with Gasteiger partial charge >= 0.3 is 0 Å². The highest BCUT2D eigenvalue weighted by atomic mass is 35.5. The maximum atomic E-state index is 12.9. The van der Waals surface area contributed by atoms with Crippen LogP contribution in [0.1, 0.15) is 26.3 Å². The third kappa shape index (κ3) is 5.62. The van der Waals surface area contributed by atoms with Gasteiger partial charge in [-0.3, -0.25) is 24.5 Å². The minimum atomic E-state index is -0.479. The number of rotatable bonds is 6. The Bertz CT molecular complexity index is 2130. The Labute approximate surface area is 272 Å². The number of amidine groups is 1. The Morgan fingerprint density at radius 2 is 1.69 bits per heavy atom. The number of thiazole rings is 1. The molecule has 45 heavy (non-hydrogen) atoms. The number of fused-ring (bicyclic) bond motifs is 2. The average molecular weight is 670 g/mol. The lowest BCUT2D eigenvalue weighted by molar-refractivity contribution is -0.387. The first-order valence-corrected chi connectivity index (χ1v) is 16.0. The smallest absolute Gasteiger partial charge is 0.283 e. The van der Waals surface area contributed by atoms with Gasteiger partial charge in [0.1, 0.15) is 0 Å². The molecule has 220 valence electrons. The maximum absolute atomic E-state index is 12.9. The molecule has 5 aromatic rings. The Balaban J connectivity index is 1.12. The number of aromatic nitrogens is 1. The van der Waals surface area contributed by atoms with Crippen LogP contribution in [0.15, 0.2) is 104 Å². The molecule has 2 aliphatic heterocycles. The third-order valence-corrected chi connectivity index (χ3v) is 10.1. The van der Waals surface area contributed by atoms with Gasteiger partial charge in [-0.2, -0.15) is 0 Å². The number of amides is 3. The first-order valence-electron chi connectivity index (χ1n) is 13.1. The standard InChI is InChI=1S/C31H16ClN5O5S3/c32-17-6-8-18(9-7-17)33-30-35-27(38)26(43-30)14-16-5-12-24(23(13-16)37(41)42)44-31-34-22-11-10-19(15-25(22)45-31)36-28(39)20-3-1-2-4-21(20)29(36)40/h1-15H,(H,33,35,38)/b26-14-. The van der Waals surface area contributed by atoms with Gasteiger partial charge in [-0.1, -0.05) is 41.6 Å². The van der Waals surface area contributed by atoms with Crippen LogP contribution >= 0.6 is 46.5 Å². The summed E-state index contributed by atoms with van der Waals surface area (Å²) in [5.74, 6) is -1.14. The van der Waals surface area contributed by atoms with Gasteiger partial charge in [-0.15, -0.1) is 11.3 Å². The molecule has 1 fully saturated rings. The van der Waals surface area contributed by atoms with Gasteiger partial charge in [0.25, 0.3) is 23.4 Å². The number of anilines is 1. The van der Waals surface area contributed by atoms with Gasteiger partial charge < -0.3 is 5.32 Å². The second-order valence-corrected chi connectivity index (χ2v) is 13.5. The highest BCUT2D eigenvalue weighted by Gasteiger charge is 2.36. The predicted molar refractivity (Wildman–Crippen MR) is 177 cm³/mol. The van der Waals surface area contributed by atoms with Gasteiger partial charge in [-0.05, 0) is 84.1 Å². The van der Waals surface area contributed by atoms with Crippen molar-refractivity contribution in [2.24, 2.45) is 4.99 Å². The summed E-state index contributed by atoms with van der Waals surface area (Å²) in [6.45, 7) is 0. The van der Waals surface area contributed by atoms with Crippen molar-refractivity contribution in [2.75, 3.05) is 4.90 Å². The number of nitro groups is 1. The summed E-state index contributed by atoms with van der Waals surface area (Å²) in [6.07, 6.45) is 1.57. The lowest BCUT2D eigenvalue weighted by Crippen LogP contribution is -2.29. The third-order valence-electron chi connectivity index (χ3n) is 6.79. The molecule has 0 bridgehead atoms. The molecular formula is C31H16ClN5O5S3. The van der Waals surface area contributed by atoms with Gasteiger partial charge in [0.2, 0.25) is 0 Å². The second-order valence-electron chi connectivity index (χ2n) is 9.67. The summed E-state index contributed by atoms with van der Waals surface area (Å²) < 4.78 is 1.27. The number of aliphatic imine (C=N–C) groups is 1. The highest BCUT2D eigenvalue weighted by molar-refractivity contribution is 8.18. The SMILES string of the molecule is O=C1NC(=Nc2ccc(Cl)cc2)S/C1=C\c1ccc(Sc2nc3ccc(N4C(=O)c5ccccc5C4=O)cc3s2)c([N+](=O)[O-])c1. The number of thioether (sulfide) groups is 1. The fraction of sp³-hybridized carbons (Fsp3) is 0. The fourth-order valence-corrected chi connectivity index (χ4v) is 7.82. The van der Waals surface area contributed by atoms with Crippen molar-refractivity contribution in [3.63, 3.8) is 0 Å². The number of hydrogen-bond acceptors (Lipinski definition) is 10. The van der Waals surface area contributed by atoms with Gasteiger partial charge in [0.05, 0.1) is 47.4 Å². The molecular weight excluding hydrogens is 654 g/mol. The van der Waals surface area contributed by atoms with Crippen molar-refractivity contribution in [2.45, 2.75) is 9.24 Å². The fourth-order valence-electron chi connectivity index (χ4n) is 4.71. The molecule has 4 aromatic carbocycles. The molecule has 3 heterocycles. The molecule has 0 saturated carbocycles. The number of nitrogens with one attached hydrogen (secondary N) is 1. The monoisotopic (exact) mass is 669 g/mol. The van der Waals surface area contributed by atoms with Crippen LogP contribution in [0.25, 0.3) is 16.3 Å². The molecule has 7 rings (SSSR count). The number of carbonyl (C=O) groups excluding carboxylic acids is 3. The largest absolute Gasteiger partial charge is 0.300 e. The Morgan fingerprint density at radius 3 is 2.40 bits per heavy atom. The molecule has 0 atom stereocenters. The molecule has 0 spiro atoms. The van der Waals surface area contributed by atoms with E-state index in [0.717, 1.165) is 33.1 Å².